The van der Waals surface area contributed by atoms with Crippen molar-refractivity contribution in [3.8, 4) is 0 Å². The van der Waals surface area contributed by atoms with Crippen molar-refractivity contribution in [1.82, 2.24) is 5.32 Å². The van der Waals surface area contributed by atoms with E-state index in [0.29, 0.717) is 6.04 Å². The number of hydrogen-bond donors (Lipinski definition) is 1. The maximum Gasteiger partial charge on any atom is 0.151 e. The van der Waals surface area contributed by atoms with Crippen molar-refractivity contribution in [2.24, 2.45) is 11.8 Å². The summed E-state index contributed by atoms with van der Waals surface area (Å²) in [6.07, 6.45) is 5.10. The molecule has 1 aromatic carbocycles. The third kappa shape index (κ3) is 5.44. The SMILES string of the molecule is C[C@@H]1CC[C@H](NCc2ccc(CS(C)(=O)=O)cc2)C[C@@H]1C. The normalized spacial score (nSPS) is 26.7. The fourth-order valence-corrected chi connectivity index (χ4v) is 3.85. The molecule has 0 saturated heterocycles. The highest BCUT2D eigenvalue weighted by Gasteiger charge is 2.23. The maximum absolute atomic E-state index is 11.3. The first-order chi connectivity index (χ1) is 9.83. The van der Waals surface area contributed by atoms with Crippen LogP contribution in [0.4, 0.5) is 0 Å². The van der Waals surface area contributed by atoms with E-state index in [2.05, 4.69) is 19.2 Å². The van der Waals surface area contributed by atoms with Gasteiger partial charge in [0.05, 0.1) is 5.75 Å². The maximum atomic E-state index is 11.3. The molecule has 0 bridgehead atoms. The molecule has 1 fully saturated rings. The Morgan fingerprint density at radius 3 is 2.24 bits per heavy atom. The Hall–Kier alpha value is -0.870. The quantitative estimate of drug-likeness (QED) is 0.909. The molecule has 3 atom stereocenters. The van der Waals surface area contributed by atoms with Crippen molar-refractivity contribution in [3.63, 3.8) is 0 Å². The minimum absolute atomic E-state index is 0.124. The summed E-state index contributed by atoms with van der Waals surface area (Å²) in [5.41, 5.74) is 2.08. The summed E-state index contributed by atoms with van der Waals surface area (Å²) in [6.45, 7) is 5.56. The zero-order valence-electron chi connectivity index (χ0n) is 13.3. The molecule has 21 heavy (non-hydrogen) atoms. The van der Waals surface area contributed by atoms with Crippen LogP contribution in [0.1, 0.15) is 44.2 Å². The molecular formula is C17H27NO2S. The van der Waals surface area contributed by atoms with Crippen LogP contribution >= 0.6 is 0 Å². The molecule has 1 aromatic rings. The van der Waals surface area contributed by atoms with Gasteiger partial charge in [-0.3, -0.25) is 0 Å². The summed E-state index contributed by atoms with van der Waals surface area (Å²) in [6, 6.07) is 8.52. The van der Waals surface area contributed by atoms with E-state index in [1.165, 1.54) is 31.1 Å². The van der Waals surface area contributed by atoms with E-state index < -0.39 is 9.84 Å². The fourth-order valence-electron chi connectivity index (χ4n) is 3.05. The highest BCUT2D eigenvalue weighted by molar-refractivity contribution is 7.89. The van der Waals surface area contributed by atoms with Gasteiger partial charge in [0, 0.05) is 18.8 Å². The second-order valence-electron chi connectivity index (χ2n) is 6.73. The van der Waals surface area contributed by atoms with Crippen LogP contribution in [0.5, 0.6) is 0 Å². The molecule has 0 unspecified atom stereocenters. The third-order valence-corrected chi connectivity index (χ3v) is 5.50. The second-order valence-corrected chi connectivity index (χ2v) is 8.87. The van der Waals surface area contributed by atoms with Gasteiger partial charge in [0.1, 0.15) is 0 Å². The van der Waals surface area contributed by atoms with Crippen molar-refractivity contribution in [1.29, 1.82) is 0 Å². The first kappa shape index (κ1) is 16.5. The molecule has 4 heteroatoms. The van der Waals surface area contributed by atoms with Crippen LogP contribution in [0.2, 0.25) is 0 Å². The Balaban J connectivity index is 1.84. The van der Waals surface area contributed by atoms with Gasteiger partial charge >= 0.3 is 0 Å². The Labute approximate surface area is 129 Å². The molecule has 0 amide bonds. The van der Waals surface area contributed by atoms with Crippen LogP contribution in [0, 0.1) is 11.8 Å². The number of sulfone groups is 1. The Morgan fingerprint density at radius 1 is 1.05 bits per heavy atom. The van der Waals surface area contributed by atoms with Crippen LogP contribution in [0.25, 0.3) is 0 Å². The first-order valence-electron chi connectivity index (χ1n) is 7.82. The average molecular weight is 309 g/mol. The van der Waals surface area contributed by atoms with E-state index in [0.717, 1.165) is 23.9 Å². The van der Waals surface area contributed by atoms with E-state index in [1.54, 1.807) is 0 Å². The summed E-state index contributed by atoms with van der Waals surface area (Å²) >= 11 is 0. The van der Waals surface area contributed by atoms with Gasteiger partial charge in [-0.25, -0.2) is 8.42 Å². The van der Waals surface area contributed by atoms with Crippen LogP contribution in [0.15, 0.2) is 24.3 Å². The summed E-state index contributed by atoms with van der Waals surface area (Å²) in [7, 11) is -2.95. The lowest BCUT2D eigenvalue weighted by atomic mass is 9.79. The Kier molecular flexibility index (Phi) is 5.44. The predicted molar refractivity (Wildman–Crippen MR) is 87.8 cm³/mol. The standard InChI is InChI=1S/C17H27NO2S/c1-13-4-9-17(10-14(13)2)18-11-15-5-7-16(8-6-15)12-21(3,19)20/h5-8,13-14,17-18H,4,9-12H2,1-3H3/t13-,14+,17+/m1/s1. The van der Waals surface area contributed by atoms with Gasteiger partial charge in [0.25, 0.3) is 0 Å². The van der Waals surface area contributed by atoms with Gasteiger partial charge in [0.2, 0.25) is 0 Å². The van der Waals surface area contributed by atoms with Crippen molar-refractivity contribution in [2.75, 3.05) is 6.26 Å². The van der Waals surface area contributed by atoms with Gasteiger partial charge in [-0.1, -0.05) is 38.1 Å². The molecule has 1 aliphatic rings. The molecule has 118 valence electrons. The lowest BCUT2D eigenvalue weighted by molar-refractivity contribution is 0.225. The van der Waals surface area contributed by atoms with Crippen molar-refractivity contribution in [2.45, 2.75) is 51.4 Å². The van der Waals surface area contributed by atoms with E-state index in [4.69, 9.17) is 0 Å². The molecule has 1 N–H and O–H groups in total. The smallest absolute Gasteiger partial charge is 0.151 e. The van der Waals surface area contributed by atoms with Crippen molar-refractivity contribution >= 4 is 9.84 Å². The molecular weight excluding hydrogens is 282 g/mol. The molecule has 0 aromatic heterocycles. The van der Waals surface area contributed by atoms with E-state index in [-0.39, 0.29) is 5.75 Å². The number of nitrogens with one attached hydrogen (secondary N) is 1. The number of hydrogen-bond acceptors (Lipinski definition) is 3. The summed E-state index contributed by atoms with van der Waals surface area (Å²) in [5.74, 6) is 1.77. The van der Waals surface area contributed by atoms with Gasteiger partial charge in [0.15, 0.2) is 9.84 Å². The molecule has 0 aliphatic heterocycles. The minimum Gasteiger partial charge on any atom is -0.310 e. The average Bonchev–Trinajstić information content (AvgIpc) is 2.40. The molecule has 1 aliphatic carbocycles. The topological polar surface area (TPSA) is 46.2 Å². The lowest BCUT2D eigenvalue weighted by Crippen LogP contribution is -2.35. The van der Waals surface area contributed by atoms with Crippen LogP contribution in [0.3, 0.4) is 0 Å². The monoisotopic (exact) mass is 309 g/mol. The van der Waals surface area contributed by atoms with Gasteiger partial charge in [-0.05, 0) is 42.2 Å². The van der Waals surface area contributed by atoms with Crippen LogP contribution in [-0.2, 0) is 22.1 Å². The van der Waals surface area contributed by atoms with Gasteiger partial charge in [-0.2, -0.15) is 0 Å². The van der Waals surface area contributed by atoms with Crippen molar-refractivity contribution in [3.05, 3.63) is 35.4 Å². The van der Waals surface area contributed by atoms with E-state index in [9.17, 15) is 8.42 Å². The largest absolute Gasteiger partial charge is 0.310 e. The Bertz CT molecular complexity index is 551. The number of benzene rings is 1. The summed E-state index contributed by atoms with van der Waals surface area (Å²) in [5, 5.41) is 3.64. The zero-order valence-corrected chi connectivity index (χ0v) is 14.1. The highest BCUT2D eigenvalue weighted by Crippen LogP contribution is 2.29. The van der Waals surface area contributed by atoms with E-state index in [1.807, 2.05) is 24.3 Å². The minimum atomic E-state index is -2.95. The van der Waals surface area contributed by atoms with Crippen LogP contribution < -0.4 is 5.32 Å². The fraction of sp³-hybridized carbons (Fsp3) is 0.647. The zero-order chi connectivity index (χ0) is 15.5. The molecule has 0 radical (unpaired) electrons. The van der Waals surface area contributed by atoms with Crippen molar-refractivity contribution < 1.29 is 8.42 Å². The summed E-state index contributed by atoms with van der Waals surface area (Å²) in [4.78, 5) is 0. The van der Waals surface area contributed by atoms with Gasteiger partial charge < -0.3 is 5.32 Å². The highest BCUT2D eigenvalue weighted by atomic mass is 32.2. The second kappa shape index (κ2) is 6.93. The van der Waals surface area contributed by atoms with Crippen LogP contribution in [-0.4, -0.2) is 20.7 Å². The third-order valence-electron chi connectivity index (χ3n) is 4.64. The molecule has 2 rings (SSSR count). The molecule has 0 spiro atoms. The summed E-state index contributed by atoms with van der Waals surface area (Å²) < 4.78 is 22.5. The van der Waals surface area contributed by atoms with E-state index >= 15 is 0 Å². The number of rotatable bonds is 5. The Morgan fingerprint density at radius 2 is 1.67 bits per heavy atom. The van der Waals surface area contributed by atoms with Gasteiger partial charge in [-0.15, -0.1) is 0 Å². The molecule has 0 heterocycles. The molecule has 3 nitrogen and oxygen atoms in total. The lowest BCUT2D eigenvalue weighted by Gasteiger charge is -2.32. The first-order valence-corrected chi connectivity index (χ1v) is 9.88. The molecule has 1 saturated carbocycles. The predicted octanol–water partition coefficient (Wildman–Crippen LogP) is 3.15.